The fourth-order valence-electron chi connectivity index (χ4n) is 5.12. The van der Waals surface area contributed by atoms with E-state index in [1.54, 1.807) is 0 Å². The molecular weight excluding hydrogens is 322 g/mol. The standard InChI is InChI=1S/C21H35N5/c1-2-22-20(26-15-12-21(17-26)10-5-3-6-11-21)23-13-9-18-16-25-14-7-4-8-19(25)24-18/h16H,2-15,17H2,1H3,(H,22,23). The molecule has 1 spiro atoms. The number of nitrogens with one attached hydrogen (secondary N) is 1. The van der Waals surface area contributed by atoms with Crippen LogP contribution in [0.15, 0.2) is 11.2 Å². The number of aryl methyl sites for hydroxylation is 2. The molecule has 0 aromatic carbocycles. The van der Waals surface area contributed by atoms with Crippen molar-refractivity contribution in [3.63, 3.8) is 0 Å². The van der Waals surface area contributed by atoms with Crippen molar-refractivity contribution in [1.29, 1.82) is 0 Å². The zero-order valence-electron chi connectivity index (χ0n) is 16.5. The Morgan fingerprint density at radius 2 is 2.04 bits per heavy atom. The lowest BCUT2D eigenvalue weighted by Gasteiger charge is -2.33. The van der Waals surface area contributed by atoms with E-state index < -0.39 is 0 Å². The molecular formula is C21H35N5. The molecule has 1 N–H and O–H groups in total. The number of likely N-dealkylation sites (tertiary alicyclic amines) is 1. The summed E-state index contributed by atoms with van der Waals surface area (Å²) in [5.41, 5.74) is 1.80. The maximum Gasteiger partial charge on any atom is 0.193 e. The number of hydrogen-bond acceptors (Lipinski definition) is 2. The Balaban J connectivity index is 1.36. The molecule has 0 radical (unpaired) electrons. The highest BCUT2D eigenvalue weighted by Gasteiger charge is 2.39. The number of guanidine groups is 1. The van der Waals surface area contributed by atoms with Gasteiger partial charge in [-0.2, -0.15) is 0 Å². The number of aliphatic imine (C=N–C) groups is 1. The van der Waals surface area contributed by atoms with E-state index >= 15 is 0 Å². The first-order valence-corrected chi connectivity index (χ1v) is 10.9. The Hall–Kier alpha value is -1.52. The van der Waals surface area contributed by atoms with E-state index in [0.717, 1.165) is 38.4 Å². The molecule has 1 saturated carbocycles. The van der Waals surface area contributed by atoms with Gasteiger partial charge >= 0.3 is 0 Å². The van der Waals surface area contributed by atoms with Gasteiger partial charge in [-0.25, -0.2) is 4.98 Å². The Labute approximate surface area is 158 Å². The first-order chi connectivity index (χ1) is 12.8. The maximum atomic E-state index is 4.96. The lowest BCUT2D eigenvalue weighted by Crippen LogP contribution is -2.41. The smallest absolute Gasteiger partial charge is 0.193 e. The van der Waals surface area contributed by atoms with Crippen LogP contribution in [-0.4, -0.2) is 46.6 Å². The van der Waals surface area contributed by atoms with E-state index in [-0.39, 0.29) is 0 Å². The second-order valence-electron chi connectivity index (χ2n) is 8.52. The molecule has 2 aliphatic heterocycles. The van der Waals surface area contributed by atoms with E-state index in [1.807, 2.05) is 0 Å². The van der Waals surface area contributed by atoms with Crippen LogP contribution < -0.4 is 5.32 Å². The van der Waals surface area contributed by atoms with Gasteiger partial charge in [-0.3, -0.25) is 4.99 Å². The van der Waals surface area contributed by atoms with E-state index in [1.165, 1.54) is 76.0 Å². The lowest BCUT2D eigenvalue weighted by molar-refractivity contribution is 0.203. The second-order valence-corrected chi connectivity index (χ2v) is 8.52. The van der Waals surface area contributed by atoms with Gasteiger partial charge < -0.3 is 14.8 Å². The first kappa shape index (κ1) is 17.9. The van der Waals surface area contributed by atoms with E-state index in [4.69, 9.17) is 9.98 Å². The lowest BCUT2D eigenvalue weighted by atomic mass is 9.73. The third-order valence-corrected chi connectivity index (χ3v) is 6.57. The fraction of sp³-hybridized carbons (Fsp3) is 0.810. The van der Waals surface area contributed by atoms with Crippen LogP contribution in [0, 0.1) is 5.41 Å². The van der Waals surface area contributed by atoms with Crippen LogP contribution in [0.5, 0.6) is 0 Å². The molecule has 2 fully saturated rings. The summed E-state index contributed by atoms with van der Waals surface area (Å²) in [4.78, 5) is 12.3. The highest BCUT2D eigenvalue weighted by molar-refractivity contribution is 5.80. The minimum atomic E-state index is 0.581. The fourth-order valence-corrected chi connectivity index (χ4v) is 5.12. The van der Waals surface area contributed by atoms with E-state index in [9.17, 15) is 0 Å². The molecule has 0 atom stereocenters. The largest absolute Gasteiger partial charge is 0.357 e. The number of imidazole rings is 1. The summed E-state index contributed by atoms with van der Waals surface area (Å²) in [6.45, 7) is 7.47. The topological polar surface area (TPSA) is 45.5 Å². The SMILES string of the molecule is CCNC(=NCCc1cn2c(n1)CCCC2)N1CCC2(CCCCC2)C1. The first-order valence-electron chi connectivity index (χ1n) is 10.9. The van der Waals surface area contributed by atoms with Crippen LogP contribution in [0.25, 0.3) is 0 Å². The van der Waals surface area contributed by atoms with Crippen LogP contribution in [-0.2, 0) is 19.4 Å². The number of aromatic nitrogens is 2. The molecule has 0 bridgehead atoms. The molecule has 0 amide bonds. The Morgan fingerprint density at radius 1 is 1.15 bits per heavy atom. The van der Waals surface area contributed by atoms with Crippen molar-refractivity contribution in [1.82, 2.24) is 19.8 Å². The molecule has 3 heterocycles. The Morgan fingerprint density at radius 3 is 2.85 bits per heavy atom. The summed E-state index contributed by atoms with van der Waals surface area (Å²) in [5.74, 6) is 2.40. The van der Waals surface area contributed by atoms with Crippen LogP contribution >= 0.6 is 0 Å². The van der Waals surface area contributed by atoms with Crippen LogP contribution in [0.1, 0.15) is 69.8 Å². The highest BCUT2D eigenvalue weighted by atomic mass is 15.3. The molecule has 5 nitrogen and oxygen atoms in total. The minimum Gasteiger partial charge on any atom is -0.357 e. The van der Waals surface area contributed by atoms with Gasteiger partial charge in [-0.05, 0) is 44.4 Å². The number of nitrogens with zero attached hydrogens (tertiary/aromatic N) is 4. The Bertz CT molecular complexity index is 603. The Kier molecular flexibility index (Phi) is 5.51. The molecule has 0 unspecified atom stereocenters. The third kappa shape index (κ3) is 3.91. The molecule has 144 valence electrons. The van der Waals surface area contributed by atoms with Crippen molar-refractivity contribution in [2.75, 3.05) is 26.2 Å². The molecule has 3 aliphatic rings. The van der Waals surface area contributed by atoms with Gasteiger partial charge in [-0.15, -0.1) is 0 Å². The molecule has 1 aromatic heterocycles. The molecule has 26 heavy (non-hydrogen) atoms. The van der Waals surface area contributed by atoms with Crippen LogP contribution in [0.2, 0.25) is 0 Å². The number of rotatable bonds is 4. The monoisotopic (exact) mass is 357 g/mol. The van der Waals surface area contributed by atoms with Gasteiger partial charge in [0.15, 0.2) is 5.96 Å². The van der Waals surface area contributed by atoms with Gasteiger partial charge in [0.2, 0.25) is 0 Å². The minimum absolute atomic E-state index is 0.581. The average Bonchev–Trinajstić information content (AvgIpc) is 3.26. The number of fused-ring (bicyclic) bond motifs is 1. The summed E-state index contributed by atoms with van der Waals surface area (Å²) >= 11 is 0. The van der Waals surface area contributed by atoms with Crippen molar-refractivity contribution in [3.8, 4) is 0 Å². The quantitative estimate of drug-likeness (QED) is 0.664. The van der Waals surface area contributed by atoms with Crippen molar-refractivity contribution >= 4 is 5.96 Å². The summed E-state index contributed by atoms with van der Waals surface area (Å²) in [5, 5.41) is 3.53. The van der Waals surface area contributed by atoms with Crippen molar-refractivity contribution in [2.24, 2.45) is 10.4 Å². The number of hydrogen-bond donors (Lipinski definition) is 1. The second kappa shape index (κ2) is 8.01. The van der Waals surface area contributed by atoms with Gasteiger partial charge in [0.25, 0.3) is 0 Å². The van der Waals surface area contributed by atoms with Crippen molar-refractivity contribution in [3.05, 3.63) is 17.7 Å². The van der Waals surface area contributed by atoms with Crippen LogP contribution in [0.4, 0.5) is 0 Å². The summed E-state index contributed by atoms with van der Waals surface area (Å²) in [6, 6.07) is 0. The van der Waals surface area contributed by atoms with Gasteiger partial charge in [-0.1, -0.05) is 19.3 Å². The van der Waals surface area contributed by atoms with Gasteiger partial charge in [0.1, 0.15) is 5.82 Å². The summed E-state index contributed by atoms with van der Waals surface area (Å²) < 4.78 is 2.35. The summed E-state index contributed by atoms with van der Waals surface area (Å²) in [7, 11) is 0. The molecule has 1 aromatic rings. The molecule has 1 saturated heterocycles. The maximum absolute atomic E-state index is 4.96. The zero-order chi connectivity index (χ0) is 17.8. The average molecular weight is 358 g/mol. The van der Waals surface area contributed by atoms with Crippen molar-refractivity contribution in [2.45, 2.75) is 77.7 Å². The van der Waals surface area contributed by atoms with Gasteiger partial charge in [0, 0.05) is 51.8 Å². The van der Waals surface area contributed by atoms with Crippen LogP contribution in [0.3, 0.4) is 0 Å². The predicted molar refractivity (Wildman–Crippen MR) is 107 cm³/mol. The van der Waals surface area contributed by atoms with Gasteiger partial charge in [0.05, 0.1) is 5.69 Å². The van der Waals surface area contributed by atoms with E-state index in [2.05, 4.69) is 27.9 Å². The predicted octanol–water partition coefficient (Wildman–Crippen LogP) is 3.38. The third-order valence-electron chi connectivity index (χ3n) is 6.57. The summed E-state index contributed by atoms with van der Waals surface area (Å²) in [6.07, 6.45) is 15.4. The van der Waals surface area contributed by atoms with Crippen molar-refractivity contribution < 1.29 is 0 Å². The molecule has 4 rings (SSSR count). The highest BCUT2D eigenvalue weighted by Crippen LogP contribution is 2.43. The molecule has 1 aliphatic carbocycles. The normalized spacial score (nSPS) is 22.7. The molecule has 5 heteroatoms. The van der Waals surface area contributed by atoms with E-state index in [0.29, 0.717) is 5.41 Å². The zero-order valence-corrected chi connectivity index (χ0v) is 16.5.